The number of nitrogens with one attached hydrogen (secondary N) is 1. The molecule has 0 aliphatic carbocycles. The molecule has 2 N–H and O–H groups in total. The number of carboxylic acids is 1. The van der Waals surface area contributed by atoms with E-state index in [0.29, 0.717) is 5.57 Å². The molecule has 5 heteroatoms. The first kappa shape index (κ1) is 17.3. The Morgan fingerprint density at radius 1 is 1.10 bits per heavy atom. The number of fused-ring (bicyclic) bond motifs is 3. The quantitative estimate of drug-likeness (QED) is 0.573. The maximum atomic E-state index is 12.5. The molecular formula is C24H19N3O2. The Labute approximate surface area is 167 Å². The molecule has 1 aliphatic heterocycles. The fourth-order valence-corrected chi connectivity index (χ4v) is 4.29. The van der Waals surface area contributed by atoms with E-state index in [-0.39, 0.29) is 6.04 Å². The van der Waals surface area contributed by atoms with E-state index in [1.54, 1.807) is 6.20 Å². The molecule has 0 saturated heterocycles. The lowest BCUT2D eigenvalue weighted by atomic mass is 9.98. The van der Waals surface area contributed by atoms with Crippen molar-refractivity contribution in [1.29, 1.82) is 0 Å². The van der Waals surface area contributed by atoms with E-state index in [2.05, 4.69) is 10.2 Å². The molecule has 0 fully saturated rings. The number of aromatic nitrogens is 2. The highest BCUT2D eigenvalue weighted by Crippen LogP contribution is 2.38. The SMILES string of the molecule is CN1c2c(c(=Cc3ccccc3)cc3[nH]ncc23)=C(C(=O)O)C1c1ccccc1. The van der Waals surface area contributed by atoms with Gasteiger partial charge < -0.3 is 10.0 Å². The largest absolute Gasteiger partial charge is 0.478 e. The normalized spacial score (nSPS) is 16.4. The van der Waals surface area contributed by atoms with Gasteiger partial charge in [0.05, 0.1) is 29.0 Å². The predicted octanol–water partition coefficient (Wildman–Crippen LogP) is 2.82. The van der Waals surface area contributed by atoms with Crippen molar-refractivity contribution in [2.75, 3.05) is 11.9 Å². The summed E-state index contributed by atoms with van der Waals surface area (Å²) in [4.78, 5) is 14.5. The van der Waals surface area contributed by atoms with Crippen LogP contribution in [0.1, 0.15) is 17.2 Å². The maximum absolute atomic E-state index is 12.5. The van der Waals surface area contributed by atoms with Crippen LogP contribution in [0.25, 0.3) is 22.6 Å². The standard InChI is InChI=1S/C24H19N3O2/c1-27-22(16-10-6-3-7-11-16)21(24(28)29)20-17(12-15-8-4-2-5-9-15)13-19-18(23(20)27)14-25-26-19/h2-14,22,26H,1H3,(H,28,29). The zero-order valence-electron chi connectivity index (χ0n) is 15.8. The molecule has 1 unspecified atom stereocenters. The number of hydrogen-bond donors (Lipinski definition) is 2. The van der Waals surface area contributed by atoms with Crippen molar-refractivity contribution in [2.24, 2.45) is 0 Å². The van der Waals surface area contributed by atoms with Crippen LogP contribution >= 0.6 is 0 Å². The molecule has 0 spiro atoms. The van der Waals surface area contributed by atoms with Crippen molar-refractivity contribution in [3.05, 3.63) is 94.5 Å². The van der Waals surface area contributed by atoms with Crippen LogP contribution in [0, 0.1) is 0 Å². The number of carbonyl (C=O) groups is 1. The van der Waals surface area contributed by atoms with Crippen LogP contribution < -0.4 is 15.3 Å². The maximum Gasteiger partial charge on any atom is 0.334 e. The first-order valence-electron chi connectivity index (χ1n) is 9.43. The molecule has 0 amide bonds. The Morgan fingerprint density at radius 3 is 2.48 bits per heavy atom. The molecule has 2 heterocycles. The second kappa shape index (κ2) is 6.63. The van der Waals surface area contributed by atoms with Crippen molar-refractivity contribution in [1.82, 2.24) is 10.2 Å². The van der Waals surface area contributed by atoms with Crippen LogP contribution in [0.3, 0.4) is 0 Å². The van der Waals surface area contributed by atoms with Gasteiger partial charge in [0.15, 0.2) is 0 Å². The van der Waals surface area contributed by atoms with Gasteiger partial charge in [-0.05, 0) is 28.5 Å². The van der Waals surface area contributed by atoms with E-state index in [1.807, 2.05) is 84.8 Å². The topological polar surface area (TPSA) is 69.2 Å². The molecule has 5 nitrogen and oxygen atoms in total. The third kappa shape index (κ3) is 2.70. The average molecular weight is 381 g/mol. The van der Waals surface area contributed by atoms with Gasteiger partial charge in [-0.25, -0.2) is 4.79 Å². The molecule has 29 heavy (non-hydrogen) atoms. The summed E-state index contributed by atoms with van der Waals surface area (Å²) in [6.45, 7) is 0. The van der Waals surface area contributed by atoms with Gasteiger partial charge in [0.25, 0.3) is 0 Å². The minimum absolute atomic E-state index is 0.368. The van der Waals surface area contributed by atoms with Crippen LogP contribution in [0.2, 0.25) is 0 Å². The van der Waals surface area contributed by atoms with E-state index in [9.17, 15) is 9.90 Å². The molecule has 3 aromatic carbocycles. The first-order chi connectivity index (χ1) is 14.1. The molecule has 4 aromatic rings. The van der Waals surface area contributed by atoms with Crippen molar-refractivity contribution in [3.63, 3.8) is 0 Å². The summed E-state index contributed by atoms with van der Waals surface area (Å²) in [6, 6.07) is 21.3. The highest BCUT2D eigenvalue weighted by molar-refractivity contribution is 6.15. The first-order valence-corrected chi connectivity index (χ1v) is 9.43. The fourth-order valence-electron chi connectivity index (χ4n) is 4.29. The van der Waals surface area contributed by atoms with Crippen molar-refractivity contribution in [3.8, 4) is 0 Å². The number of H-pyrrole nitrogens is 1. The highest BCUT2D eigenvalue weighted by atomic mass is 16.4. The molecule has 0 saturated carbocycles. The molecule has 1 atom stereocenters. The number of rotatable bonds is 3. The van der Waals surface area contributed by atoms with E-state index in [0.717, 1.165) is 38.2 Å². The monoisotopic (exact) mass is 381 g/mol. The van der Waals surface area contributed by atoms with Gasteiger partial charge in [0.1, 0.15) is 0 Å². The molecule has 142 valence electrons. The Morgan fingerprint density at radius 2 is 1.79 bits per heavy atom. The summed E-state index contributed by atoms with van der Waals surface area (Å²) in [5.74, 6) is -0.907. The number of nitrogens with zero attached hydrogens (tertiary/aromatic N) is 2. The van der Waals surface area contributed by atoms with Gasteiger partial charge in [-0.15, -0.1) is 0 Å². The van der Waals surface area contributed by atoms with Crippen molar-refractivity contribution in [2.45, 2.75) is 6.04 Å². The molecule has 1 aromatic heterocycles. The van der Waals surface area contributed by atoms with E-state index in [4.69, 9.17) is 0 Å². The van der Waals surface area contributed by atoms with E-state index in [1.165, 1.54) is 0 Å². The van der Waals surface area contributed by atoms with Gasteiger partial charge >= 0.3 is 5.97 Å². The number of benzene rings is 3. The Kier molecular flexibility index (Phi) is 3.95. The van der Waals surface area contributed by atoms with Gasteiger partial charge in [0, 0.05) is 17.7 Å². The highest BCUT2D eigenvalue weighted by Gasteiger charge is 2.35. The second-order valence-corrected chi connectivity index (χ2v) is 7.22. The lowest BCUT2D eigenvalue weighted by Crippen LogP contribution is -2.29. The minimum atomic E-state index is -0.907. The van der Waals surface area contributed by atoms with Crippen LogP contribution in [0.4, 0.5) is 5.69 Å². The summed E-state index contributed by atoms with van der Waals surface area (Å²) >= 11 is 0. The van der Waals surface area contributed by atoms with Crippen molar-refractivity contribution < 1.29 is 9.90 Å². The number of aliphatic carboxylic acids is 1. The number of aromatic amines is 1. The number of carboxylic acid groups (broad SMARTS) is 1. The smallest absolute Gasteiger partial charge is 0.334 e. The van der Waals surface area contributed by atoms with E-state index < -0.39 is 5.97 Å². The molecule has 0 bridgehead atoms. The fraction of sp³-hybridized carbons (Fsp3) is 0.0833. The van der Waals surface area contributed by atoms with Crippen LogP contribution in [0.5, 0.6) is 0 Å². The van der Waals surface area contributed by atoms with Crippen LogP contribution in [-0.2, 0) is 4.79 Å². The Balaban J connectivity index is 1.93. The third-order valence-electron chi connectivity index (χ3n) is 5.50. The molecule has 1 aliphatic rings. The minimum Gasteiger partial charge on any atom is -0.478 e. The predicted molar refractivity (Wildman–Crippen MR) is 114 cm³/mol. The van der Waals surface area contributed by atoms with Crippen molar-refractivity contribution >= 4 is 34.2 Å². The zero-order chi connectivity index (χ0) is 20.0. The van der Waals surface area contributed by atoms with Gasteiger partial charge in [-0.3, -0.25) is 5.10 Å². The zero-order valence-corrected chi connectivity index (χ0v) is 15.8. The Hall–Kier alpha value is -3.86. The lowest BCUT2D eigenvalue weighted by Gasteiger charge is -2.25. The van der Waals surface area contributed by atoms with Crippen LogP contribution in [0.15, 0.2) is 72.9 Å². The third-order valence-corrected chi connectivity index (χ3v) is 5.50. The van der Waals surface area contributed by atoms with Gasteiger partial charge in [-0.2, -0.15) is 5.10 Å². The Bertz CT molecular complexity index is 1340. The van der Waals surface area contributed by atoms with Gasteiger partial charge in [-0.1, -0.05) is 60.7 Å². The van der Waals surface area contributed by atoms with Gasteiger partial charge in [0.2, 0.25) is 0 Å². The summed E-state index contributed by atoms with van der Waals surface area (Å²) in [5, 5.41) is 20.0. The van der Waals surface area contributed by atoms with Crippen LogP contribution in [-0.4, -0.2) is 28.3 Å². The number of anilines is 1. The molecule has 5 rings (SSSR count). The summed E-state index contributed by atoms with van der Waals surface area (Å²) in [7, 11) is 1.95. The average Bonchev–Trinajstić information content (AvgIpc) is 3.31. The second-order valence-electron chi connectivity index (χ2n) is 7.22. The number of hydrogen-bond acceptors (Lipinski definition) is 3. The summed E-state index contributed by atoms with van der Waals surface area (Å²) in [5.41, 5.74) is 4.13. The lowest BCUT2D eigenvalue weighted by molar-refractivity contribution is -0.130. The summed E-state index contributed by atoms with van der Waals surface area (Å²) in [6.07, 6.45) is 3.80. The molecule has 0 radical (unpaired) electrons. The van der Waals surface area contributed by atoms with E-state index >= 15 is 0 Å². The summed E-state index contributed by atoms with van der Waals surface area (Å²) < 4.78 is 0. The molecular weight excluding hydrogens is 362 g/mol.